The van der Waals surface area contributed by atoms with Crippen LogP contribution in [-0.2, 0) is 6.42 Å². The van der Waals surface area contributed by atoms with Crippen LogP contribution in [0.3, 0.4) is 0 Å². The fraction of sp³-hybridized carbons (Fsp3) is 0.542. The van der Waals surface area contributed by atoms with Gasteiger partial charge in [-0.1, -0.05) is 18.6 Å². The van der Waals surface area contributed by atoms with Gasteiger partial charge in [-0.3, -0.25) is 14.5 Å². The van der Waals surface area contributed by atoms with Gasteiger partial charge < -0.3 is 9.88 Å². The van der Waals surface area contributed by atoms with E-state index in [1.54, 1.807) is 19.1 Å². The van der Waals surface area contributed by atoms with Crippen molar-refractivity contribution in [1.82, 2.24) is 19.8 Å². The third kappa shape index (κ3) is 3.91. The lowest BCUT2D eigenvalue weighted by molar-refractivity contribution is -0.0642. The maximum absolute atomic E-state index is 13.8. The summed E-state index contributed by atoms with van der Waals surface area (Å²) in [6.07, 6.45) is 6.84. The number of H-pyrrole nitrogens is 1. The van der Waals surface area contributed by atoms with E-state index in [4.69, 9.17) is 0 Å². The largest absolute Gasteiger partial charge is 0.338 e. The summed E-state index contributed by atoms with van der Waals surface area (Å²) < 4.78 is 13.8. The molecule has 0 aliphatic carbocycles. The van der Waals surface area contributed by atoms with E-state index in [0.717, 1.165) is 31.4 Å². The van der Waals surface area contributed by atoms with Gasteiger partial charge in [-0.2, -0.15) is 0 Å². The molecule has 4 atom stereocenters. The maximum atomic E-state index is 13.8. The van der Waals surface area contributed by atoms with Gasteiger partial charge in [0.1, 0.15) is 17.2 Å². The zero-order valence-electron chi connectivity index (χ0n) is 17.9. The molecule has 4 heterocycles. The van der Waals surface area contributed by atoms with Crippen LogP contribution in [0.4, 0.5) is 4.39 Å². The normalized spacial score (nSPS) is 28.3. The summed E-state index contributed by atoms with van der Waals surface area (Å²) in [6.45, 7) is 4.10. The van der Waals surface area contributed by atoms with Crippen molar-refractivity contribution < 1.29 is 9.18 Å². The summed E-state index contributed by atoms with van der Waals surface area (Å²) in [5.41, 5.74) is 0.756. The fourth-order valence-electron chi connectivity index (χ4n) is 6.07. The number of rotatable bonds is 3. The number of carbonyl (C=O) groups excluding carboxylic acids is 1. The molecule has 31 heavy (non-hydrogen) atoms. The molecule has 1 aromatic heterocycles. The third-order valence-corrected chi connectivity index (χ3v) is 7.40. The highest BCUT2D eigenvalue weighted by Crippen LogP contribution is 2.42. The van der Waals surface area contributed by atoms with Gasteiger partial charge in [-0.15, -0.1) is 0 Å². The number of nitrogens with zero attached hydrogens (tertiary/aromatic N) is 3. The van der Waals surface area contributed by atoms with E-state index in [0.29, 0.717) is 36.8 Å². The Bertz CT molecular complexity index is 1040. The van der Waals surface area contributed by atoms with E-state index in [1.165, 1.54) is 25.1 Å². The van der Waals surface area contributed by atoms with Crippen molar-refractivity contribution in [3.05, 3.63) is 63.6 Å². The Hall–Kier alpha value is -2.54. The van der Waals surface area contributed by atoms with Crippen LogP contribution in [0.15, 0.2) is 35.3 Å². The Morgan fingerprint density at radius 1 is 1.26 bits per heavy atom. The zero-order valence-corrected chi connectivity index (χ0v) is 17.9. The molecule has 164 valence electrons. The number of aromatic nitrogens is 2. The van der Waals surface area contributed by atoms with Crippen molar-refractivity contribution in [2.45, 2.75) is 51.1 Å². The quantitative estimate of drug-likeness (QED) is 0.823. The monoisotopic (exact) mass is 424 g/mol. The lowest BCUT2D eigenvalue weighted by Gasteiger charge is -2.57. The summed E-state index contributed by atoms with van der Waals surface area (Å²) in [4.78, 5) is 36.9. The minimum absolute atomic E-state index is 0.118. The molecule has 1 aromatic carbocycles. The number of hydrogen-bond donors (Lipinski definition) is 1. The summed E-state index contributed by atoms with van der Waals surface area (Å²) in [6, 6.07) is 7.63. The number of likely N-dealkylation sites (tertiary alicyclic amines) is 1. The van der Waals surface area contributed by atoms with Crippen molar-refractivity contribution in [1.29, 1.82) is 0 Å². The van der Waals surface area contributed by atoms with Crippen LogP contribution in [-0.4, -0.2) is 57.4 Å². The number of hydrogen-bond acceptors (Lipinski definition) is 4. The van der Waals surface area contributed by atoms with Crippen molar-refractivity contribution >= 4 is 5.91 Å². The number of aryl methyl sites for hydroxylation is 1. The first-order valence-electron chi connectivity index (χ1n) is 11.3. The average Bonchev–Trinajstić information content (AvgIpc) is 2.76. The molecule has 3 aliphatic heterocycles. The first kappa shape index (κ1) is 20.4. The Kier molecular flexibility index (Phi) is 5.38. The topological polar surface area (TPSA) is 69.3 Å². The minimum atomic E-state index is -0.371. The lowest BCUT2D eigenvalue weighted by atomic mass is 9.71. The fourth-order valence-corrected chi connectivity index (χ4v) is 6.07. The summed E-state index contributed by atoms with van der Waals surface area (Å²) in [5, 5.41) is 0. The number of aromatic amines is 1. The van der Waals surface area contributed by atoms with E-state index in [-0.39, 0.29) is 28.9 Å². The van der Waals surface area contributed by atoms with E-state index < -0.39 is 0 Å². The van der Waals surface area contributed by atoms with Crippen LogP contribution in [0.2, 0.25) is 0 Å². The van der Waals surface area contributed by atoms with Crippen molar-refractivity contribution in [3.63, 3.8) is 0 Å². The summed E-state index contributed by atoms with van der Waals surface area (Å²) in [7, 11) is 0. The molecule has 1 amide bonds. The molecule has 7 heteroatoms. The van der Waals surface area contributed by atoms with E-state index in [2.05, 4.69) is 14.9 Å². The van der Waals surface area contributed by atoms with Gasteiger partial charge >= 0.3 is 0 Å². The zero-order chi connectivity index (χ0) is 21.5. The Labute approximate surface area is 181 Å². The lowest BCUT2D eigenvalue weighted by Crippen LogP contribution is -2.64. The average molecular weight is 425 g/mol. The van der Waals surface area contributed by atoms with Gasteiger partial charge in [0, 0.05) is 31.4 Å². The van der Waals surface area contributed by atoms with Crippen molar-refractivity contribution in [2.75, 3.05) is 19.6 Å². The molecule has 5 rings (SSSR count). The molecule has 6 nitrogen and oxygen atoms in total. The van der Waals surface area contributed by atoms with Crippen LogP contribution in [0, 0.1) is 24.6 Å². The van der Waals surface area contributed by atoms with Crippen LogP contribution < -0.4 is 5.56 Å². The molecule has 0 unspecified atom stereocenters. The van der Waals surface area contributed by atoms with E-state index in [1.807, 2.05) is 11.0 Å². The highest BCUT2D eigenvalue weighted by molar-refractivity contribution is 5.93. The third-order valence-electron chi connectivity index (χ3n) is 7.40. The molecule has 3 aliphatic rings. The number of piperidine rings is 3. The Balaban J connectivity index is 1.43. The number of carbonyl (C=O) groups is 1. The minimum Gasteiger partial charge on any atom is -0.338 e. The molecule has 0 spiro atoms. The molecular weight excluding hydrogens is 395 g/mol. The predicted octanol–water partition coefficient (Wildman–Crippen LogP) is 2.78. The standard InChI is InChI=1S/C24H29FN4O2/c1-15-26-12-20(23(30)27-15)24(31)28-13-17-11-18(14-28)22(29-8-3-2-7-21(17)29)10-16-5-4-6-19(25)9-16/h4-6,9,12,17-18,21-22H,2-3,7-8,10-11,13-14H2,1H3,(H,26,27,30)/t17-,18+,21+,22+/m1/s1. The second kappa shape index (κ2) is 8.19. The molecule has 2 aromatic rings. The Morgan fingerprint density at radius 2 is 2.10 bits per heavy atom. The van der Waals surface area contributed by atoms with Gasteiger partial charge in [-0.25, -0.2) is 9.37 Å². The predicted molar refractivity (Wildman–Crippen MR) is 115 cm³/mol. The molecule has 3 saturated heterocycles. The second-order valence-electron chi connectivity index (χ2n) is 9.38. The summed E-state index contributed by atoms with van der Waals surface area (Å²) in [5.74, 6) is 0.817. The van der Waals surface area contributed by atoms with E-state index in [9.17, 15) is 14.0 Å². The van der Waals surface area contributed by atoms with Gasteiger partial charge in [0.05, 0.1) is 0 Å². The summed E-state index contributed by atoms with van der Waals surface area (Å²) >= 11 is 0. The molecule has 0 radical (unpaired) electrons. The molecule has 2 bridgehead atoms. The number of fused-ring (bicyclic) bond motifs is 4. The first-order valence-corrected chi connectivity index (χ1v) is 11.3. The van der Waals surface area contributed by atoms with Gasteiger partial charge in [0.15, 0.2) is 0 Å². The molecular formula is C24H29FN4O2. The van der Waals surface area contributed by atoms with Crippen LogP contribution in [0.5, 0.6) is 0 Å². The van der Waals surface area contributed by atoms with Gasteiger partial charge in [-0.05, 0) is 68.7 Å². The highest BCUT2D eigenvalue weighted by Gasteiger charge is 2.48. The second-order valence-corrected chi connectivity index (χ2v) is 9.38. The number of benzene rings is 1. The molecule has 1 N–H and O–H groups in total. The highest BCUT2D eigenvalue weighted by atomic mass is 19.1. The van der Waals surface area contributed by atoms with Crippen LogP contribution >= 0.6 is 0 Å². The van der Waals surface area contributed by atoms with Gasteiger partial charge in [0.2, 0.25) is 0 Å². The van der Waals surface area contributed by atoms with Crippen LogP contribution in [0.25, 0.3) is 0 Å². The SMILES string of the molecule is Cc1ncc(C(=O)N2C[C@H]3C[C@@H](C2)[C@H](Cc2cccc(F)c2)N2CCCC[C@@H]32)c(=O)[nH]1. The van der Waals surface area contributed by atoms with Crippen molar-refractivity contribution in [3.8, 4) is 0 Å². The number of amides is 1. The first-order chi connectivity index (χ1) is 15.0. The smallest absolute Gasteiger partial charge is 0.263 e. The van der Waals surface area contributed by atoms with Crippen LogP contribution in [0.1, 0.15) is 47.4 Å². The molecule has 0 saturated carbocycles. The molecule has 3 fully saturated rings. The maximum Gasteiger partial charge on any atom is 0.263 e. The number of halogens is 1. The van der Waals surface area contributed by atoms with Crippen molar-refractivity contribution in [2.24, 2.45) is 11.8 Å². The van der Waals surface area contributed by atoms with Gasteiger partial charge in [0.25, 0.3) is 11.5 Å². The Morgan fingerprint density at radius 3 is 2.90 bits per heavy atom. The van der Waals surface area contributed by atoms with E-state index >= 15 is 0 Å². The number of nitrogens with one attached hydrogen (secondary N) is 1.